The summed E-state index contributed by atoms with van der Waals surface area (Å²) in [5.41, 5.74) is 3.74. The first-order valence-corrected chi connectivity index (χ1v) is 9.19. The van der Waals surface area contributed by atoms with Crippen molar-refractivity contribution in [1.29, 1.82) is 0 Å². The van der Waals surface area contributed by atoms with E-state index in [-0.39, 0.29) is 0 Å². The molecular formula is C19H12BrCl2N3. The third-order valence-electron chi connectivity index (χ3n) is 4.01. The normalized spacial score (nSPS) is 11.2. The van der Waals surface area contributed by atoms with Gasteiger partial charge in [-0.25, -0.2) is 9.67 Å². The predicted octanol–water partition coefficient (Wildman–Crippen LogP) is 6.08. The molecule has 3 nitrogen and oxygen atoms in total. The van der Waals surface area contributed by atoms with Crippen LogP contribution in [0.25, 0.3) is 16.6 Å². The fraction of sp³-hybridized carbons (Fsp3) is 0.0526. The van der Waals surface area contributed by atoms with Gasteiger partial charge >= 0.3 is 0 Å². The minimum absolute atomic E-state index is 0.441. The third kappa shape index (κ3) is 3.30. The van der Waals surface area contributed by atoms with Crippen LogP contribution in [0.15, 0.2) is 65.4 Å². The molecule has 124 valence electrons. The quantitative estimate of drug-likeness (QED) is 0.367. The maximum absolute atomic E-state index is 6.62. The molecule has 2 heterocycles. The van der Waals surface area contributed by atoms with Gasteiger partial charge < -0.3 is 0 Å². The predicted molar refractivity (Wildman–Crippen MR) is 106 cm³/mol. The van der Waals surface area contributed by atoms with Gasteiger partial charge in [-0.1, -0.05) is 51.3 Å². The van der Waals surface area contributed by atoms with Gasteiger partial charge in [0.05, 0.1) is 16.2 Å². The highest BCUT2D eigenvalue weighted by molar-refractivity contribution is 9.10. The lowest BCUT2D eigenvalue weighted by atomic mass is 10.0. The van der Waals surface area contributed by atoms with Gasteiger partial charge in [-0.15, -0.1) is 0 Å². The van der Waals surface area contributed by atoms with E-state index in [1.807, 2.05) is 47.3 Å². The van der Waals surface area contributed by atoms with Crippen LogP contribution >= 0.6 is 39.1 Å². The van der Waals surface area contributed by atoms with Crippen LogP contribution in [-0.2, 0) is 6.42 Å². The average molecular weight is 433 g/mol. The van der Waals surface area contributed by atoms with Gasteiger partial charge in [-0.05, 0) is 42.0 Å². The molecule has 0 aliphatic rings. The Morgan fingerprint density at radius 2 is 1.84 bits per heavy atom. The molecule has 4 aromatic rings. The Hall–Kier alpha value is -1.88. The summed E-state index contributed by atoms with van der Waals surface area (Å²) in [4.78, 5) is 4.48. The van der Waals surface area contributed by atoms with Crippen molar-refractivity contribution in [2.45, 2.75) is 6.42 Å². The smallest absolute Gasteiger partial charge is 0.134 e. The zero-order valence-corrected chi connectivity index (χ0v) is 16.1. The molecule has 0 bridgehead atoms. The number of hydrogen-bond donors (Lipinski definition) is 0. The molecule has 2 aromatic carbocycles. The molecule has 0 fully saturated rings. The molecule has 0 saturated carbocycles. The number of hydrogen-bond acceptors (Lipinski definition) is 2. The molecule has 0 spiro atoms. The van der Waals surface area contributed by atoms with Crippen molar-refractivity contribution >= 4 is 50.0 Å². The van der Waals surface area contributed by atoms with E-state index < -0.39 is 0 Å². The summed E-state index contributed by atoms with van der Waals surface area (Å²) in [6, 6.07) is 15.8. The Morgan fingerprint density at radius 3 is 2.56 bits per heavy atom. The van der Waals surface area contributed by atoms with E-state index in [1.165, 1.54) is 0 Å². The van der Waals surface area contributed by atoms with Gasteiger partial charge in [-0.3, -0.25) is 0 Å². The van der Waals surface area contributed by atoms with Gasteiger partial charge in [-0.2, -0.15) is 5.10 Å². The van der Waals surface area contributed by atoms with E-state index in [4.69, 9.17) is 23.2 Å². The van der Waals surface area contributed by atoms with E-state index >= 15 is 0 Å². The van der Waals surface area contributed by atoms with Crippen molar-refractivity contribution in [2.24, 2.45) is 0 Å². The second kappa shape index (κ2) is 6.79. The zero-order valence-electron chi connectivity index (χ0n) is 13.0. The fourth-order valence-electron chi connectivity index (χ4n) is 2.75. The largest absolute Gasteiger partial charge is 0.241 e. The molecule has 0 amide bonds. The Kier molecular flexibility index (Phi) is 4.50. The molecule has 0 atom stereocenters. The van der Waals surface area contributed by atoms with Crippen molar-refractivity contribution < 1.29 is 0 Å². The van der Waals surface area contributed by atoms with E-state index in [1.54, 1.807) is 6.20 Å². The maximum Gasteiger partial charge on any atom is 0.134 e. The van der Waals surface area contributed by atoms with Gasteiger partial charge in [0.1, 0.15) is 5.15 Å². The summed E-state index contributed by atoms with van der Waals surface area (Å²) < 4.78 is 2.78. The van der Waals surface area contributed by atoms with Crippen molar-refractivity contribution in [3.05, 3.63) is 86.7 Å². The number of aromatic nitrogens is 3. The second-order valence-electron chi connectivity index (χ2n) is 5.65. The van der Waals surface area contributed by atoms with Crippen LogP contribution < -0.4 is 0 Å². The zero-order chi connectivity index (χ0) is 17.4. The van der Waals surface area contributed by atoms with Gasteiger partial charge in [0.15, 0.2) is 0 Å². The standard InChI is InChI=1S/C19H12BrCl2N3/c20-13-4-7-17-15(11-13)18(21)16(19(22)24-17)10-12-2-5-14(6-3-12)25-9-1-8-23-25/h1-9,11H,10H2. The summed E-state index contributed by atoms with van der Waals surface area (Å²) in [5, 5.41) is 6.21. The average Bonchev–Trinajstić information content (AvgIpc) is 3.15. The second-order valence-corrected chi connectivity index (χ2v) is 7.30. The van der Waals surface area contributed by atoms with Crippen molar-refractivity contribution in [3.63, 3.8) is 0 Å². The van der Waals surface area contributed by atoms with Gasteiger partial charge in [0.2, 0.25) is 0 Å². The third-order valence-corrected chi connectivity index (χ3v) is 5.25. The van der Waals surface area contributed by atoms with Crippen LogP contribution in [0, 0.1) is 0 Å². The first-order chi connectivity index (χ1) is 12.1. The number of halogens is 3. The molecule has 6 heteroatoms. The molecule has 2 aromatic heterocycles. The first kappa shape index (κ1) is 16.6. The Bertz CT molecular complexity index is 1040. The monoisotopic (exact) mass is 431 g/mol. The van der Waals surface area contributed by atoms with Gasteiger partial charge in [0, 0.05) is 34.2 Å². The number of pyridine rings is 1. The summed E-state index contributed by atoms with van der Waals surface area (Å²) in [6.45, 7) is 0. The molecule has 0 N–H and O–H groups in total. The highest BCUT2D eigenvalue weighted by Gasteiger charge is 2.13. The number of fused-ring (bicyclic) bond motifs is 1. The molecule has 4 rings (SSSR count). The lowest BCUT2D eigenvalue weighted by Crippen LogP contribution is -1.97. The molecule has 0 aliphatic heterocycles. The van der Waals surface area contributed by atoms with Gasteiger partial charge in [0.25, 0.3) is 0 Å². The van der Waals surface area contributed by atoms with Crippen LogP contribution in [0.4, 0.5) is 0 Å². The van der Waals surface area contributed by atoms with Crippen LogP contribution in [0.2, 0.25) is 10.2 Å². The lowest BCUT2D eigenvalue weighted by molar-refractivity contribution is 0.879. The highest BCUT2D eigenvalue weighted by Crippen LogP contribution is 2.34. The summed E-state index contributed by atoms with van der Waals surface area (Å²) in [7, 11) is 0. The van der Waals surface area contributed by atoms with E-state index in [0.29, 0.717) is 16.6 Å². The topological polar surface area (TPSA) is 30.7 Å². The molecule has 0 radical (unpaired) electrons. The summed E-state index contributed by atoms with van der Waals surface area (Å²) >= 11 is 16.5. The van der Waals surface area contributed by atoms with E-state index in [9.17, 15) is 0 Å². The summed E-state index contributed by atoms with van der Waals surface area (Å²) in [5.74, 6) is 0. The summed E-state index contributed by atoms with van der Waals surface area (Å²) in [6.07, 6.45) is 4.28. The first-order valence-electron chi connectivity index (χ1n) is 7.64. The molecule has 0 saturated heterocycles. The van der Waals surface area contributed by atoms with Crippen molar-refractivity contribution in [2.75, 3.05) is 0 Å². The maximum atomic E-state index is 6.62. The number of benzene rings is 2. The number of nitrogens with zero attached hydrogens (tertiary/aromatic N) is 3. The van der Waals surface area contributed by atoms with Crippen LogP contribution in [0.3, 0.4) is 0 Å². The Balaban J connectivity index is 1.70. The van der Waals surface area contributed by atoms with Crippen LogP contribution in [-0.4, -0.2) is 14.8 Å². The van der Waals surface area contributed by atoms with E-state index in [0.717, 1.165) is 32.2 Å². The molecule has 25 heavy (non-hydrogen) atoms. The number of rotatable bonds is 3. The van der Waals surface area contributed by atoms with Crippen LogP contribution in [0.5, 0.6) is 0 Å². The van der Waals surface area contributed by atoms with Crippen molar-refractivity contribution in [1.82, 2.24) is 14.8 Å². The molecule has 0 aliphatic carbocycles. The Labute approximate surface area is 163 Å². The molecule has 0 unspecified atom stereocenters. The van der Waals surface area contributed by atoms with Crippen LogP contribution in [0.1, 0.15) is 11.1 Å². The Morgan fingerprint density at radius 1 is 1.04 bits per heavy atom. The van der Waals surface area contributed by atoms with Crippen molar-refractivity contribution in [3.8, 4) is 5.69 Å². The minimum atomic E-state index is 0.441. The SMILES string of the molecule is Clc1nc2ccc(Br)cc2c(Cl)c1Cc1ccc(-n2cccn2)cc1. The molecular weight excluding hydrogens is 421 g/mol. The highest BCUT2D eigenvalue weighted by atomic mass is 79.9. The lowest BCUT2D eigenvalue weighted by Gasteiger charge is -2.11. The minimum Gasteiger partial charge on any atom is -0.241 e. The fourth-order valence-corrected chi connectivity index (χ4v) is 3.72. The van der Waals surface area contributed by atoms with E-state index in [2.05, 4.69) is 38.1 Å².